The summed E-state index contributed by atoms with van der Waals surface area (Å²) in [6.45, 7) is 3.10. The maximum atomic E-state index is 12.7. The fourth-order valence-electron chi connectivity index (χ4n) is 3.04. The summed E-state index contributed by atoms with van der Waals surface area (Å²) < 4.78 is 10.4. The van der Waals surface area contributed by atoms with E-state index in [4.69, 9.17) is 9.47 Å². The molecular formula is C22H25N3O4. The van der Waals surface area contributed by atoms with Gasteiger partial charge in [0.25, 0.3) is 5.91 Å². The third kappa shape index (κ3) is 5.89. The molecular weight excluding hydrogens is 370 g/mol. The van der Waals surface area contributed by atoms with Gasteiger partial charge in [0.15, 0.2) is 0 Å². The predicted octanol–water partition coefficient (Wildman–Crippen LogP) is 3.16. The monoisotopic (exact) mass is 395 g/mol. The van der Waals surface area contributed by atoms with Gasteiger partial charge in [-0.3, -0.25) is 10.1 Å². The number of anilines is 1. The molecule has 7 nitrogen and oxygen atoms in total. The number of rotatable bonds is 5. The molecule has 1 atom stereocenters. The second-order valence-corrected chi connectivity index (χ2v) is 6.85. The van der Waals surface area contributed by atoms with Crippen LogP contribution in [0.25, 0.3) is 0 Å². The Kier molecular flexibility index (Phi) is 6.97. The molecule has 2 aromatic rings. The number of carbonyl (C=O) groups excluding carboxylic acids is 2. The number of benzene rings is 2. The lowest BCUT2D eigenvalue weighted by molar-refractivity contribution is 0.0600. The number of ether oxygens (including phenoxy) is 2. The van der Waals surface area contributed by atoms with Gasteiger partial charge in [0.1, 0.15) is 0 Å². The van der Waals surface area contributed by atoms with E-state index in [0.717, 1.165) is 25.0 Å². The van der Waals surface area contributed by atoms with E-state index in [1.54, 1.807) is 30.3 Å². The molecule has 1 fully saturated rings. The second kappa shape index (κ2) is 9.84. The Labute approximate surface area is 170 Å². The predicted molar refractivity (Wildman–Crippen MR) is 111 cm³/mol. The molecule has 0 radical (unpaired) electrons. The molecule has 1 aliphatic rings. The number of aryl methyl sites for hydroxylation is 1. The van der Waals surface area contributed by atoms with Gasteiger partial charge in [-0.25, -0.2) is 9.79 Å². The van der Waals surface area contributed by atoms with Crippen LogP contribution in [0.15, 0.2) is 53.5 Å². The van der Waals surface area contributed by atoms with Crippen LogP contribution in [0.5, 0.6) is 0 Å². The van der Waals surface area contributed by atoms with Crippen LogP contribution in [0.4, 0.5) is 5.69 Å². The Morgan fingerprint density at radius 1 is 1.17 bits per heavy atom. The van der Waals surface area contributed by atoms with E-state index in [-0.39, 0.29) is 12.0 Å². The molecule has 0 spiro atoms. The molecule has 7 heteroatoms. The molecule has 1 unspecified atom stereocenters. The van der Waals surface area contributed by atoms with Crippen molar-refractivity contribution in [3.05, 3.63) is 65.2 Å². The van der Waals surface area contributed by atoms with Crippen molar-refractivity contribution < 1.29 is 19.1 Å². The first kappa shape index (κ1) is 20.5. The highest BCUT2D eigenvalue weighted by atomic mass is 16.5. The van der Waals surface area contributed by atoms with E-state index in [2.05, 4.69) is 15.6 Å². The highest BCUT2D eigenvalue weighted by Crippen LogP contribution is 2.14. The average molecular weight is 395 g/mol. The number of esters is 1. The zero-order valence-corrected chi connectivity index (χ0v) is 16.6. The molecule has 2 N–H and O–H groups in total. The van der Waals surface area contributed by atoms with E-state index in [1.165, 1.54) is 7.11 Å². The van der Waals surface area contributed by atoms with Gasteiger partial charge in [0, 0.05) is 17.9 Å². The molecule has 152 valence electrons. The number of guanidine groups is 1. The van der Waals surface area contributed by atoms with Gasteiger partial charge in [0.2, 0.25) is 5.96 Å². The first-order valence-corrected chi connectivity index (χ1v) is 9.54. The SMILES string of the molecule is COC(=O)c1cccc(NC(=NCC2CCCO2)NC(=O)c2cccc(C)c2)c1. The fraction of sp³-hybridized carbons (Fsp3) is 0.318. The summed E-state index contributed by atoms with van der Waals surface area (Å²) in [5.74, 6) is -0.402. The molecule has 29 heavy (non-hydrogen) atoms. The number of hydrogen-bond donors (Lipinski definition) is 2. The third-order valence-electron chi connectivity index (χ3n) is 4.54. The molecule has 3 rings (SSSR count). The van der Waals surface area contributed by atoms with Crippen molar-refractivity contribution in [3.63, 3.8) is 0 Å². The zero-order valence-electron chi connectivity index (χ0n) is 16.6. The van der Waals surface area contributed by atoms with Gasteiger partial charge < -0.3 is 14.8 Å². The van der Waals surface area contributed by atoms with Gasteiger partial charge in [0.05, 0.1) is 25.3 Å². The summed E-state index contributed by atoms with van der Waals surface area (Å²) in [5, 5.41) is 5.92. The Balaban J connectivity index is 1.78. The smallest absolute Gasteiger partial charge is 0.337 e. The minimum absolute atomic E-state index is 0.0454. The van der Waals surface area contributed by atoms with E-state index >= 15 is 0 Å². The van der Waals surface area contributed by atoms with E-state index < -0.39 is 5.97 Å². The van der Waals surface area contributed by atoms with Crippen LogP contribution in [-0.2, 0) is 9.47 Å². The highest BCUT2D eigenvalue weighted by Gasteiger charge is 2.16. The minimum atomic E-state index is -0.435. The third-order valence-corrected chi connectivity index (χ3v) is 4.54. The zero-order chi connectivity index (χ0) is 20.6. The molecule has 0 bridgehead atoms. The fourth-order valence-corrected chi connectivity index (χ4v) is 3.04. The molecule has 1 heterocycles. The first-order chi connectivity index (χ1) is 14.0. The summed E-state index contributed by atoms with van der Waals surface area (Å²) in [5.41, 5.74) is 2.55. The molecule has 1 amide bonds. The number of aliphatic imine (C=N–C) groups is 1. The van der Waals surface area contributed by atoms with Gasteiger partial charge >= 0.3 is 5.97 Å². The number of hydrogen-bond acceptors (Lipinski definition) is 5. The summed E-state index contributed by atoms with van der Waals surface area (Å²) in [4.78, 5) is 29.0. The number of nitrogens with one attached hydrogen (secondary N) is 2. The van der Waals surface area contributed by atoms with Crippen LogP contribution in [0.3, 0.4) is 0 Å². The largest absolute Gasteiger partial charge is 0.465 e. The second-order valence-electron chi connectivity index (χ2n) is 6.85. The van der Waals surface area contributed by atoms with Crippen molar-refractivity contribution in [2.45, 2.75) is 25.9 Å². The van der Waals surface area contributed by atoms with Crippen molar-refractivity contribution >= 4 is 23.5 Å². The van der Waals surface area contributed by atoms with Crippen molar-refractivity contribution in [2.75, 3.05) is 25.6 Å². The number of carbonyl (C=O) groups is 2. The lowest BCUT2D eigenvalue weighted by Gasteiger charge is -2.14. The molecule has 2 aromatic carbocycles. The summed E-state index contributed by atoms with van der Waals surface area (Å²) in [6, 6.07) is 14.1. The maximum absolute atomic E-state index is 12.7. The molecule has 0 aromatic heterocycles. The molecule has 0 saturated carbocycles. The van der Waals surface area contributed by atoms with Crippen LogP contribution < -0.4 is 10.6 Å². The van der Waals surface area contributed by atoms with Crippen LogP contribution in [0.1, 0.15) is 39.1 Å². The number of methoxy groups -OCH3 is 1. The Hall–Kier alpha value is -3.19. The van der Waals surface area contributed by atoms with Gasteiger partial charge in [-0.1, -0.05) is 23.8 Å². The van der Waals surface area contributed by atoms with Crippen LogP contribution in [0, 0.1) is 6.92 Å². The van der Waals surface area contributed by atoms with E-state index in [0.29, 0.717) is 29.3 Å². The Morgan fingerprint density at radius 3 is 2.69 bits per heavy atom. The molecule has 0 aliphatic carbocycles. The van der Waals surface area contributed by atoms with Gasteiger partial charge in [-0.2, -0.15) is 0 Å². The Bertz CT molecular complexity index is 904. The lowest BCUT2D eigenvalue weighted by atomic mass is 10.1. The standard InChI is InChI=1S/C22H25N3O4/c1-15-6-3-7-16(12-15)20(26)25-22(23-14-19-10-5-11-29-19)24-18-9-4-8-17(13-18)21(27)28-2/h3-4,6-9,12-13,19H,5,10-11,14H2,1-2H3,(H2,23,24,25,26). The summed E-state index contributed by atoms with van der Waals surface area (Å²) in [6.07, 6.45) is 2.00. The summed E-state index contributed by atoms with van der Waals surface area (Å²) >= 11 is 0. The van der Waals surface area contributed by atoms with E-state index in [9.17, 15) is 9.59 Å². The van der Waals surface area contributed by atoms with Crippen molar-refractivity contribution in [3.8, 4) is 0 Å². The first-order valence-electron chi connectivity index (χ1n) is 9.54. The summed E-state index contributed by atoms with van der Waals surface area (Å²) in [7, 11) is 1.33. The maximum Gasteiger partial charge on any atom is 0.337 e. The van der Waals surface area contributed by atoms with Gasteiger partial charge in [-0.15, -0.1) is 0 Å². The van der Waals surface area contributed by atoms with Crippen molar-refractivity contribution in [1.29, 1.82) is 0 Å². The number of nitrogens with zero attached hydrogens (tertiary/aromatic N) is 1. The average Bonchev–Trinajstić information content (AvgIpc) is 3.25. The molecule has 1 saturated heterocycles. The van der Waals surface area contributed by atoms with Crippen LogP contribution in [0.2, 0.25) is 0 Å². The molecule has 1 aliphatic heterocycles. The van der Waals surface area contributed by atoms with Crippen LogP contribution >= 0.6 is 0 Å². The lowest BCUT2D eigenvalue weighted by Crippen LogP contribution is -2.36. The van der Waals surface area contributed by atoms with Crippen molar-refractivity contribution in [1.82, 2.24) is 5.32 Å². The Morgan fingerprint density at radius 2 is 1.97 bits per heavy atom. The normalized spacial score (nSPS) is 16.3. The minimum Gasteiger partial charge on any atom is -0.465 e. The number of amides is 1. The van der Waals surface area contributed by atoms with E-state index in [1.807, 2.05) is 25.1 Å². The van der Waals surface area contributed by atoms with Gasteiger partial charge in [-0.05, 0) is 50.1 Å². The quantitative estimate of drug-likeness (QED) is 0.461. The topological polar surface area (TPSA) is 89.0 Å². The van der Waals surface area contributed by atoms with Crippen LogP contribution in [-0.4, -0.2) is 44.2 Å². The van der Waals surface area contributed by atoms with Crippen molar-refractivity contribution in [2.24, 2.45) is 4.99 Å². The highest BCUT2D eigenvalue weighted by molar-refractivity contribution is 6.10.